The van der Waals surface area contributed by atoms with Crippen molar-refractivity contribution in [3.63, 3.8) is 0 Å². The Morgan fingerprint density at radius 2 is 2.23 bits per heavy atom. The fourth-order valence-electron chi connectivity index (χ4n) is 0.903. The predicted molar refractivity (Wildman–Crippen MR) is 49.3 cm³/mol. The van der Waals surface area contributed by atoms with E-state index in [1.54, 1.807) is 6.92 Å². The Balaban J connectivity index is 3.03. The third-order valence-electron chi connectivity index (χ3n) is 1.38. The summed E-state index contributed by atoms with van der Waals surface area (Å²) < 4.78 is 5.09. The maximum atomic E-state index is 10.4. The van der Waals surface area contributed by atoms with Crippen LogP contribution in [0.2, 0.25) is 5.02 Å². The van der Waals surface area contributed by atoms with Crippen molar-refractivity contribution in [2.24, 2.45) is 0 Å². The molecule has 0 saturated heterocycles. The number of halogens is 1. The van der Waals surface area contributed by atoms with Crippen LogP contribution < -0.4 is 4.74 Å². The molecule has 4 nitrogen and oxygen atoms in total. The number of rotatable bonds is 3. The van der Waals surface area contributed by atoms with Gasteiger partial charge in [-0.05, 0) is 13.0 Å². The lowest BCUT2D eigenvalue weighted by Gasteiger charge is -2.02. The Hall–Kier alpha value is -1.29. The summed E-state index contributed by atoms with van der Waals surface area (Å²) in [6, 6.07) is 4.16. The predicted octanol–water partition coefficient (Wildman–Crippen LogP) is 2.65. The molecule has 1 aromatic carbocycles. The second-order valence-electron chi connectivity index (χ2n) is 2.34. The van der Waals surface area contributed by atoms with Crippen LogP contribution >= 0.6 is 11.6 Å². The number of benzene rings is 1. The molecule has 0 N–H and O–H groups in total. The normalized spacial score (nSPS) is 9.69. The summed E-state index contributed by atoms with van der Waals surface area (Å²) in [6.45, 7) is 2.25. The summed E-state index contributed by atoms with van der Waals surface area (Å²) >= 11 is 5.65. The molecule has 0 bridgehead atoms. The fourth-order valence-corrected chi connectivity index (χ4v) is 1.12. The highest BCUT2D eigenvalue weighted by molar-refractivity contribution is 6.30. The summed E-state index contributed by atoms with van der Waals surface area (Å²) in [5.74, 6) is 0.418. The van der Waals surface area contributed by atoms with Crippen LogP contribution in [-0.4, -0.2) is 11.5 Å². The molecular weight excluding hydrogens is 194 g/mol. The smallest absolute Gasteiger partial charge is 0.274 e. The minimum Gasteiger partial charge on any atom is -0.494 e. The Bertz CT molecular complexity index is 327. The highest BCUT2D eigenvalue weighted by Gasteiger charge is 2.08. The van der Waals surface area contributed by atoms with Gasteiger partial charge in [-0.2, -0.15) is 0 Å². The van der Waals surface area contributed by atoms with Gasteiger partial charge in [-0.15, -0.1) is 0 Å². The second-order valence-corrected chi connectivity index (χ2v) is 2.77. The lowest BCUT2D eigenvalue weighted by Crippen LogP contribution is -1.93. The van der Waals surface area contributed by atoms with Gasteiger partial charge < -0.3 is 4.74 Å². The molecule has 0 unspecified atom stereocenters. The summed E-state index contributed by atoms with van der Waals surface area (Å²) in [5.41, 5.74) is -0.0593. The molecule has 5 heteroatoms. The molecule has 0 atom stereocenters. The Labute approximate surface area is 80.2 Å². The van der Waals surface area contributed by atoms with Gasteiger partial charge >= 0.3 is 0 Å². The van der Waals surface area contributed by atoms with E-state index in [1.165, 1.54) is 18.2 Å². The molecule has 13 heavy (non-hydrogen) atoms. The summed E-state index contributed by atoms with van der Waals surface area (Å²) in [5, 5.41) is 10.7. The van der Waals surface area contributed by atoms with E-state index in [9.17, 15) is 10.1 Å². The number of non-ortho nitro benzene ring substituents is 1. The standard InChI is InChI=1S/C8H8ClNO3/c1-2-13-8-4-6(9)3-7(5-8)10(11)12/h3-5H,2H2,1H3. The molecule has 0 radical (unpaired) electrons. The van der Waals surface area contributed by atoms with Gasteiger partial charge in [0.2, 0.25) is 0 Å². The first-order valence-electron chi connectivity index (χ1n) is 3.71. The first-order chi connectivity index (χ1) is 6.13. The quantitative estimate of drug-likeness (QED) is 0.558. The van der Waals surface area contributed by atoms with E-state index in [4.69, 9.17) is 16.3 Å². The summed E-state index contributed by atoms with van der Waals surface area (Å²) in [7, 11) is 0. The van der Waals surface area contributed by atoms with E-state index >= 15 is 0 Å². The van der Waals surface area contributed by atoms with Crippen molar-refractivity contribution in [2.75, 3.05) is 6.61 Å². The summed E-state index contributed by atoms with van der Waals surface area (Å²) in [6.07, 6.45) is 0. The van der Waals surface area contributed by atoms with Crippen LogP contribution in [0.5, 0.6) is 5.75 Å². The van der Waals surface area contributed by atoms with Crippen LogP contribution in [0.15, 0.2) is 18.2 Å². The van der Waals surface area contributed by atoms with Crippen molar-refractivity contribution in [2.45, 2.75) is 6.92 Å². The number of hydrogen-bond donors (Lipinski definition) is 0. The first-order valence-corrected chi connectivity index (χ1v) is 4.09. The van der Waals surface area contributed by atoms with Gasteiger partial charge in [0.05, 0.1) is 22.6 Å². The van der Waals surface area contributed by atoms with Crippen LogP contribution in [0.4, 0.5) is 5.69 Å². The van der Waals surface area contributed by atoms with E-state index < -0.39 is 4.92 Å². The van der Waals surface area contributed by atoms with Crippen LogP contribution in [0.3, 0.4) is 0 Å². The van der Waals surface area contributed by atoms with E-state index in [1.807, 2.05) is 0 Å². The number of nitro groups is 1. The van der Waals surface area contributed by atoms with Crippen molar-refractivity contribution in [3.8, 4) is 5.75 Å². The third-order valence-corrected chi connectivity index (χ3v) is 1.60. The average molecular weight is 202 g/mol. The van der Waals surface area contributed by atoms with Crippen LogP contribution in [0, 0.1) is 10.1 Å². The molecule has 0 saturated carbocycles. The lowest BCUT2D eigenvalue weighted by atomic mass is 10.3. The molecule has 70 valence electrons. The topological polar surface area (TPSA) is 52.4 Å². The monoisotopic (exact) mass is 201 g/mol. The lowest BCUT2D eigenvalue weighted by molar-refractivity contribution is -0.384. The van der Waals surface area contributed by atoms with Gasteiger partial charge in [0.1, 0.15) is 5.75 Å². The molecule has 0 aliphatic heterocycles. The number of nitro benzene ring substituents is 1. The zero-order valence-corrected chi connectivity index (χ0v) is 7.75. The highest BCUT2D eigenvalue weighted by Crippen LogP contribution is 2.25. The Kier molecular flexibility index (Phi) is 3.08. The third kappa shape index (κ3) is 2.59. The molecule has 1 aromatic rings. The number of hydrogen-bond acceptors (Lipinski definition) is 3. The molecule has 0 fully saturated rings. The largest absolute Gasteiger partial charge is 0.494 e. The van der Waals surface area contributed by atoms with Gasteiger partial charge in [-0.25, -0.2) is 0 Å². The van der Waals surface area contributed by atoms with E-state index in [0.717, 1.165) is 0 Å². The molecule has 0 aliphatic rings. The Morgan fingerprint density at radius 3 is 2.77 bits per heavy atom. The van der Waals surface area contributed by atoms with Gasteiger partial charge in [-0.3, -0.25) is 10.1 Å². The van der Waals surface area contributed by atoms with Crippen LogP contribution in [-0.2, 0) is 0 Å². The van der Waals surface area contributed by atoms with Crippen molar-refractivity contribution in [1.82, 2.24) is 0 Å². The number of ether oxygens (including phenoxy) is 1. The summed E-state index contributed by atoms with van der Waals surface area (Å²) in [4.78, 5) is 9.90. The fraction of sp³-hybridized carbons (Fsp3) is 0.250. The van der Waals surface area contributed by atoms with Crippen LogP contribution in [0.1, 0.15) is 6.92 Å². The minimum absolute atomic E-state index is 0.0593. The van der Waals surface area contributed by atoms with Crippen molar-refractivity contribution in [3.05, 3.63) is 33.3 Å². The maximum absolute atomic E-state index is 10.4. The van der Waals surface area contributed by atoms with Crippen LogP contribution in [0.25, 0.3) is 0 Å². The molecule has 0 aromatic heterocycles. The van der Waals surface area contributed by atoms with Crippen molar-refractivity contribution >= 4 is 17.3 Å². The highest BCUT2D eigenvalue weighted by atomic mass is 35.5. The molecule has 0 spiro atoms. The van der Waals surface area contributed by atoms with Crippen molar-refractivity contribution < 1.29 is 9.66 Å². The molecule has 0 heterocycles. The molecular formula is C8H8ClNO3. The van der Waals surface area contributed by atoms with E-state index in [0.29, 0.717) is 17.4 Å². The van der Waals surface area contributed by atoms with Gasteiger partial charge in [0, 0.05) is 6.07 Å². The molecule has 0 aliphatic carbocycles. The zero-order valence-electron chi connectivity index (χ0n) is 6.99. The van der Waals surface area contributed by atoms with E-state index in [-0.39, 0.29) is 5.69 Å². The second kappa shape index (κ2) is 4.09. The van der Waals surface area contributed by atoms with Gasteiger partial charge in [-0.1, -0.05) is 11.6 Å². The van der Waals surface area contributed by atoms with Crippen molar-refractivity contribution in [1.29, 1.82) is 0 Å². The molecule has 0 amide bonds. The Morgan fingerprint density at radius 1 is 1.54 bits per heavy atom. The van der Waals surface area contributed by atoms with Gasteiger partial charge in [0.25, 0.3) is 5.69 Å². The van der Waals surface area contributed by atoms with Gasteiger partial charge in [0.15, 0.2) is 0 Å². The average Bonchev–Trinajstić information content (AvgIpc) is 2.03. The first kappa shape index (κ1) is 9.80. The molecule has 1 rings (SSSR count). The maximum Gasteiger partial charge on any atom is 0.274 e. The van der Waals surface area contributed by atoms with E-state index in [2.05, 4.69) is 0 Å². The number of nitrogens with zero attached hydrogens (tertiary/aromatic N) is 1. The SMILES string of the molecule is CCOc1cc(Cl)cc([N+](=O)[O-])c1. The zero-order chi connectivity index (χ0) is 9.84. The minimum atomic E-state index is -0.506.